The lowest BCUT2D eigenvalue weighted by Crippen LogP contribution is -2.25. The summed E-state index contributed by atoms with van der Waals surface area (Å²) in [7, 11) is 0. The first-order chi connectivity index (χ1) is 7.40. The molecule has 1 heteroatoms. The van der Waals surface area contributed by atoms with Crippen LogP contribution in [0.2, 0.25) is 0 Å². The fraction of sp³-hybridized carbons (Fsp3) is 0.571. The van der Waals surface area contributed by atoms with Crippen LogP contribution in [0.4, 0.5) is 0 Å². The van der Waals surface area contributed by atoms with Crippen molar-refractivity contribution in [2.45, 2.75) is 51.6 Å². The van der Waals surface area contributed by atoms with E-state index >= 15 is 0 Å². The van der Waals surface area contributed by atoms with Gasteiger partial charge < -0.3 is 5.32 Å². The first-order valence-electron chi connectivity index (χ1n) is 6.20. The monoisotopic (exact) mass is 203 g/mol. The molecule has 0 atom stereocenters. The summed E-state index contributed by atoms with van der Waals surface area (Å²) >= 11 is 0. The second kappa shape index (κ2) is 5.32. The molecule has 0 radical (unpaired) electrons. The third-order valence-electron chi connectivity index (χ3n) is 3.44. The third kappa shape index (κ3) is 2.82. The summed E-state index contributed by atoms with van der Waals surface area (Å²) < 4.78 is 0. The molecule has 1 aliphatic carbocycles. The van der Waals surface area contributed by atoms with Crippen LogP contribution in [-0.2, 0) is 13.0 Å². The van der Waals surface area contributed by atoms with Crippen molar-refractivity contribution in [2.75, 3.05) is 0 Å². The molecule has 1 aromatic rings. The lowest BCUT2D eigenvalue weighted by molar-refractivity contribution is 0.523. The molecule has 0 heterocycles. The van der Waals surface area contributed by atoms with Crippen LogP contribution in [0.25, 0.3) is 0 Å². The summed E-state index contributed by atoms with van der Waals surface area (Å²) in [5, 5.41) is 3.67. The molecule has 0 bridgehead atoms. The highest BCUT2D eigenvalue weighted by atomic mass is 14.9. The van der Waals surface area contributed by atoms with Gasteiger partial charge in [-0.25, -0.2) is 0 Å². The van der Waals surface area contributed by atoms with Crippen LogP contribution in [0.5, 0.6) is 0 Å². The zero-order valence-corrected chi connectivity index (χ0v) is 9.63. The highest BCUT2D eigenvalue weighted by Crippen LogP contribution is 2.18. The average molecular weight is 203 g/mol. The standard InChI is InChI=1S/C14H21N/c1-2-12-7-3-4-8-13(12)11-15-14-9-5-6-10-14/h3-4,7-8,14-15H,2,5-6,9-11H2,1H3. The van der Waals surface area contributed by atoms with Gasteiger partial charge >= 0.3 is 0 Å². The first-order valence-corrected chi connectivity index (χ1v) is 6.20. The molecule has 2 rings (SSSR count). The Morgan fingerprint density at radius 3 is 2.47 bits per heavy atom. The van der Waals surface area contributed by atoms with Gasteiger partial charge in [-0.15, -0.1) is 0 Å². The van der Waals surface area contributed by atoms with Crippen LogP contribution < -0.4 is 5.32 Å². The zero-order valence-electron chi connectivity index (χ0n) is 9.63. The van der Waals surface area contributed by atoms with Crippen molar-refractivity contribution in [1.82, 2.24) is 5.32 Å². The lowest BCUT2D eigenvalue weighted by atomic mass is 10.1. The Hall–Kier alpha value is -0.820. The predicted octanol–water partition coefficient (Wildman–Crippen LogP) is 3.28. The molecule has 15 heavy (non-hydrogen) atoms. The lowest BCUT2D eigenvalue weighted by Gasteiger charge is -2.13. The van der Waals surface area contributed by atoms with E-state index in [9.17, 15) is 0 Å². The molecule has 82 valence electrons. The van der Waals surface area contributed by atoms with E-state index in [0.29, 0.717) is 0 Å². The Bertz CT molecular complexity index is 300. The zero-order chi connectivity index (χ0) is 10.5. The number of hydrogen-bond acceptors (Lipinski definition) is 1. The van der Waals surface area contributed by atoms with Crippen molar-refractivity contribution < 1.29 is 0 Å². The van der Waals surface area contributed by atoms with Gasteiger partial charge in [-0.3, -0.25) is 0 Å². The molecule has 0 aliphatic heterocycles. The predicted molar refractivity (Wildman–Crippen MR) is 64.9 cm³/mol. The number of nitrogens with one attached hydrogen (secondary N) is 1. The summed E-state index contributed by atoms with van der Waals surface area (Å²) in [6.45, 7) is 3.28. The summed E-state index contributed by atoms with van der Waals surface area (Å²) in [6, 6.07) is 9.55. The summed E-state index contributed by atoms with van der Waals surface area (Å²) in [6.07, 6.45) is 6.70. The van der Waals surface area contributed by atoms with Gasteiger partial charge in [0.25, 0.3) is 0 Å². The van der Waals surface area contributed by atoms with Crippen molar-refractivity contribution in [3.05, 3.63) is 35.4 Å². The summed E-state index contributed by atoms with van der Waals surface area (Å²) in [5.74, 6) is 0. The van der Waals surface area contributed by atoms with Crippen molar-refractivity contribution in [2.24, 2.45) is 0 Å². The van der Waals surface area contributed by atoms with Gasteiger partial charge in [-0.1, -0.05) is 44.0 Å². The van der Waals surface area contributed by atoms with Crippen LogP contribution in [0.1, 0.15) is 43.7 Å². The largest absolute Gasteiger partial charge is 0.310 e. The van der Waals surface area contributed by atoms with Crippen molar-refractivity contribution >= 4 is 0 Å². The highest BCUT2D eigenvalue weighted by Gasteiger charge is 2.14. The molecule has 1 saturated carbocycles. The molecular weight excluding hydrogens is 182 g/mol. The van der Waals surface area contributed by atoms with E-state index in [4.69, 9.17) is 0 Å². The molecule has 1 aromatic carbocycles. The maximum atomic E-state index is 3.67. The Kier molecular flexibility index (Phi) is 3.79. The van der Waals surface area contributed by atoms with E-state index in [1.54, 1.807) is 0 Å². The smallest absolute Gasteiger partial charge is 0.0210 e. The molecule has 1 fully saturated rings. The van der Waals surface area contributed by atoms with Crippen LogP contribution >= 0.6 is 0 Å². The summed E-state index contributed by atoms with van der Waals surface area (Å²) in [5.41, 5.74) is 2.97. The minimum atomic E-state index is 0.773. The molecule has 1 aliphatic rings. The fourth-order valence-corrected chi connectivity index (χ4v) is 2.46. The SMILES string of the molecule is CCc1ccccc1CNC1CCCC1. The number of benzene rings is 1. The average Bonchev–Trinajstić information content (AvgIpc) is 2.79. The summed E-state index contributed by atoms with van der Waals surface area (Å²) in [4.78, 5) is 0. The molecule has 0 aromatic heterocycles. The van der Waals surface area contributed by atoms with E-state index in [-0.39, 0.29) is 0 Å². The molecular formula is C14H21N. The highest BCUT2D eigenvalue weighted by molar-refractivity contribution is 5.26. The first kappa shape index (κ1) is 10.7. The Labute approximate surface area is 92.9 Å². The second-order valence-corrected chi connectivity index (χ2v) is 4.48. The minimum Gasteiger partial charge on any atom is -0.310 e. The second-order valence-electron chi connectivity index (χ2n) is 4.48. The van der Waals surface area contributed by atoms with Crippen molar-refractivity contribution in [1.29, 1.82) is 0 Å². The van der Waals surface area contributed by atoms with Gasteiger partial charge in [0.15, 0.2) is 0 Å². The van der Waals surface area contributed by atoms with E-state index in [0.717, 1.165) is 19.0 Å². The normalized spacial score (nSPS) is 17.1. The van der Waals surface area contributed by atoms with Crippen LogP contribution in [-0.4, -0.2) is 6.04 Å². The number of aryl methyl sites for hydroxylation is 1. The molecule has 1 N–H and O–H groups in total. The molecule has 0 amide bonds. The van der Waals surface area contributed by atoms with Crippen molar-refractivity contribution in [3.8, 4) is 0 Å². The van der Waals surface area contributed by atoms with E-state index in [2.05, 4.69) is 36.5 Å². The van der Waals surface area contributed by atoms with Crippen LogP contribution in [0.3, 0.4) is 0 Å². The fourth-order valence-electron chi connectivity index (χ4n) is 2.46. The van der Waals surface area contributed by atoms with E-state index < -0.39 is 0 Å². The van der Waals surface area contributed by atoms with Gasteiger partial charge in [0.2, 0.25) is 0 Å². The number of rotatable bonds is 4. The van der Waals surface area contributed by atoms with Crippen LogP contribution in [0, 0.1) is 0 Å². The molecule has 0 unspecified atom stereocenters. The Balaban J connectivity index is 1.91. The molecule has 0 saturated heterocycles. The van der Waals surface area contributed by atoms with E-state index in [1.807, 2.05) is 0 Å². The Morgan fingerprint density at radius 2 is 1.80 bits per heavy atom. The Morgan fingerprint density at radius 1 is 1.13 bits per heavy atom. The molecule has 0 spiro atoms. The van der Waals surface area contributed by atoms with Crippen LogP contribution in [0.15, 0.2) is 24.3 Å². The van der Waals surface area contributed by atoms with Gasteiger partial charge in [0, 0.05) is 12.6 Å². The number of hydrogen-bond donors (Lipinski definition) is 1. The minimum absolute atomic E-state index is 0.773. The van der Waals surface area contributed by atoms with Crippen molar-refractivity contribution in [3.63, 3.8) is 0 Å². The van der Waals surface area contributed by atoms with Gasteiger partial charge in [0.1, 0.15) is 0 Å². The van der Waals surface area contributed by atoms with Gasteiger partial charge in [-0.05, 0) is 30.4 Å². The third-order valence-corrected chi connectivity index (χ3v) is 3.44. The maximum absolute atomic E-state index is 3.67. The van der Waals surface area contributed by atoms with Gasteiger partial charge in [-0.2, -0.15) is 0 Å². The maximum Gasteiger partial charge on any atom is 0.0210 e. The quantitative estimate of drug-likeness (QED) is 0.792. The topological polar surface area (TPSA) is 12.0 Å². The van der Waals surface area contributed by atoms with Gasteiger partial charge in [0.05, 0.1) is 0 Å². The van der Waals surface area contributed by atoms with E-state index in [1.165, 1.54) is 36.8 Å². The molecule has 1 nitrogen and oxygen atoms in total.